The Morgan fingerprint density at radius 2 is 0.590 bits per heavy atom. The van der Waals surface area contributed by atoms with Gasteiger partial charge in [-0.05, 0) is 38.5 Å². The Morgan fingerprint density at radius 1 is 0.349 bits per heavy atom. The van der Waals surface area contributed by atoms with Crippen molar-refractivity contribution < 1.29 is 37.6 Å². The SMILES string of the molecule is CCCCCCCCCC/C=C\CCCCCCCCCCCCCCCCCC(=O)OC(COC(=O)CCCCCCCCCCCCCCCCCCCCCCCCCCCCCCCCCCCCC)COP(=O)(O)OCCN. The van der Waals surface area contributed by atoms with Crippen LogP contribution in [0.2, 0.25) is 0 Å². The van der Waals surface area contributed by atoms with E-state index in [-0.39, 0.29) is 38.6 Å². The van der Waals surface area contributed by atoms with E-state index in [2.05, 4.69) is 26.0 Å². The van der Waals surface area contributed by atoms with E-state index in [0.717, 1.165) is 32.1 Å². The minimum absolute atomic E-state index is 0.0576. The highest BCUT2D eigenvalue weighted by Crippen LogP contribution is 2.43. The molecule has 2 atom stereocenters. The summed E-state index contributed by atoms with van der Waals surface area (Å²) in [7, 11) is -4.39. The second-order valence-electron chi connectivity index (χ2n) is 25.5. The maximum absolute atomic E-state index is 12.8. The number of nitrogens with two attached hydrogens (primary N) is 1. The van der Waals surface area contributed by atoms with Crippen molar-refractivity contribution >= 4 is 19.8 Å². The van der Waals surface area contributed by atoms with Crippen LogP contribution in [0.3, 0.4) is 0 Å². The minimum atomic E-state index is -4.39. The van der Waals surface area contributed by atoms with E-state index in [1.165, 1.54) is 347 Å². The first-order chi connectivity index (χ1) is 40.8. The van der Waals surface area contributed by atoms with Crippen LogP contribution in [0.4, 0.5) is 0 Å². The highest BCUT2D eigenvalue weighted by atomic mass is 31.2. The summed E-state index contributed by atoms with van der Waals surface area (Å²) in [6.45, 7) is 3.84. The van der Waals surface area contributed by atoms with Gasteiger partial charge in [-0.15, -0.1) is 0 Å². The quantitative estimate of drug-likeness (QED) is 0.0264. The van der Waals surface area contributed by atoms with Gasteiger partial charge in [0, 0.05) is 19.4 Å². The molecule has 0 amide bonds. The van der Waals surface area contributed by atoms with Crippen LogP contribution in [0.5, 0.6) is 0 Å². The van der Waals surface area contributed by atoms with Gasteiger partial charge in [-0.25, -0.2) is 4.57 Å². The molecule has 494 valence electrons. The van der Waals surface area contributed by atoms with Gasteiger partial charge >= 0.3 is 19.8 Å². The summed E-state index contributed by atoms with van der Waals surface area (Å²) in [6.07, 6.45) is 84.8. The van der Waals surface area contributed by atoms with Gasteiger partial charge in [0.25, 0.3) is 0 Å². The normalized spacial score (nSPS) is 12.9. The van der Waals surface area contributed by atoms with Crippen LogP contribution in [0, 0.1) is 0 Å². The zero-order valence-electron chi connectivity index (χ0n) is 55.7. The lowest BCUT2D eigenvalue weighted by atomic mass is 10.0. The fraction of sp³-hybridized carbons (Fsp3) is 0.945. The lowest BCUT2D eigenvalue weighted by Crippen LogP contribution is -2.29. The van der Waals surface area contributed by atoms with E-state index in [1.807, 2.05) is 0 Å². The summed E-state index contributed by atoms with van der Waals surface area (Å²) >= 11 is 0. The average Bonchev–Trinajstić information content (AvgIpc) is 3.48. The molecule has 0 saturated carbocycles. The Hall–Kier alpha value is -1.25. The van der Waals surface area contributed by atoms with Crippen molar-refractivity contribution in [3.05, 3.63) is 12.2 Å². The van der Waals surface area contributed by atoms with Crippen LogP contribution >= 0.6 is 7.82 Å². The molecule has 0 aliphatic heterocycles. The maximum Gasteiger partial charge on any atom is 0.472 e. The zero-order valence-corrected chi connectivity index (χ0v) is 56.6. The van der Waals surface area contributed by atoms with Gasteiger partial charge in [-0.1, -0.05) is 373 Å². The Bertz CT molecular complexity index is 1360. The second kappa shape index (κ2) is 69.8. The van der Waals surface area contributed by atoms with Crippen molar-refractivity contribution in [3.8, 4) is 0 Å². The molecule has 0 bridgehead atoms. The number of rotatable bonds is 72. The number of hydrogen-bond donors (Lipinski definition) is 2. The third-order valence-electron chi connectivity index (χ3n) is 17.2. The van der Waals surface area contributed by atoms with Gasteiger partial charge in [0.05, 0.1) is 13.2 Å². The minimum Gasteiger partial charge on any atom is -0.462 e. The van der Waals surface area contributed by atoms with Gasteiger partial charge in [-0.3, -0.25) is 18.6 Å². The number of ether oxygens (including phenoxy) is 2. The van der Waals surface area contributed by atoms with E-state index >= 15 is 0 Å². The first-order valence-electron chi connectivity index (χ1n) is 37.2. The summed E-state index contributed by atoms with van der Waals surface area (Å²) in [6, 6.07) is 0. The number of allylic oxidation sites excluding steroid dienone is 2. The Morgan fingerprint density at radius 3 is 0.855 bits per heavy atom. The predicted octanol–water partition coefficient (Wildman–Crippen LogP) is 24.3. The lowest BCUT2D eigenvalue weighted by Gasteiger charge is -2.19. The first kappa shape index (κ1) is 81.8. The molecular weight excluding hydrogens is 1050 g/mol. The largest absolute Gasteiger partial charge is 0.472 e. The number of phosphoric acid groups is 1. The topological polar surface area (TPSA) is 134 Å². The Balaban J connectivity index is 3.76. The number of esters is 2. The van der Waals surface area contributed by atoms with Crippen LogP contribution < -0.4 is 5.73 Å². The molecule has 2 unspecified atom stereocenters. The number of unbranched alkanes of at least 4 members (excludes halogenated alkanes) is 57. The predicted molar refractivity (Wildman–Crippen MR) is 358 cm³/mol. The summed E-state index contributed by atoms with van der Waals surface area (Å²) in [5, 5.41) is 0. The van der Waals surface area contributed by atoms with E-state index in [0.29, 0.717) is 6.42 Å². The number of carbonyl (C=O) groups excluding carboxylic acids is 2. The lowest BCUT2D eigenvalue weighted by molar-refractivity contribution is -0.161. The number of hydrogen-bond acceptors (Lipinski definition) is 8. The molecule has 0 aromatic heterocycles. The molecule has 0 saturated heterocycles. The van der Waals surface area contributed by atoms with Gasteiger partial charge in [0.15, 0.2) is 6.10 Å². The molecule has 0 fully saturated rings. The van der Waals surface area contributed by atoms with Crippen LogP contribution in [0.15, 0.2) is 12.2 Å². The molecule has 0 aromatic carbocycles. The highest BCUT2D eigenvalue weighted by molar-refractivity contribution is 7.47. The van der Waals surface area contributed by atoms with E-state index in [4.69, 9.17) is 24.3 Å². The van der Waals surface area contributed by atoms with Crippen molar-refractivity contribution in [1.82, 2.24) is 0 Å². The Labute approximate surface area is 517 Å². The summed E-state index contributed by atoms with van der Waals surface area (Å²) in [5.74, 6) is -0.800. The molecule has 0 aliphatic carbocycles. The molecule has 10 heteroatoms. The average molecular weight is 1190 g/mol. The highest BCUT2D eigenvalue weighted by Gasteiger charge is 2.26. The summed E-state index contributed by atoms with van der Waals surface area (Å²) in [5.41, 5.74) is 5.41. The van der Waals surface area contributed by atoms with Crippen molar-refractivity contribution in [1.29, 1.82) is 0 Å². The molecule has 0 radical (unpaired) electrons. The molecular formula is C73H144NO8P. The maximum atomic E-state index is 12.8. The molecule has 0 heterocycles. The van der Waals surface area contributed by atoms with E-state index in [1.54, 1.807) is 0 Å². The van der Waals surface area contributed by atoms with Crippen molar-refractivity contribution in [2.75, 3.05) is 26.4 Å². The second-order valence-corrected chi connectivity index (χ2v) is 27.0. The molecule has 0 rings (SSSR count). The Kier molecular flexibility index (Phi) is 68.8. The standard InChI is InChI=1S/C73H144NO8P/c1-3-5-7-9-11-13-15-17-19-21-23-25-27-29-31-32-33-34-35-36-37-38-40-41-43-45-47-49-51-53-55-57-59-61-63-65-72(75)79-69-71(70-81-83(77,78)80-68-67-74)82-73(76)66-64-62-60-58-56-54-52-50-48-46-44-42-39-30-28-26-24-22-20-18-16-14-12-10-8-6-4-2/h22,24,71H,3-21,23,25-70,74H2,1-2H3,(H,77,78)/b24-22-. The molecule has 9 nitrogen and oxygen atoms in total. The fourth-order valence-electron chi connectivity index (χ4n) is 11.6. The monoisotopic (exact) mass is 1190 g/mol. The van der Waals surface area contributed by atoms with Gasteiger partial charge < -0.3 is 20.1 Å². The third-order valence-corrected chi connectivity index (χ3v) is 18.1. The van der Waals surface area contributed by atoms with Crippen LogP contribution in [-0.2, 0) is 32.7 Å². The molecule has 0 aliphatic rings. The van der Waals surface area contributed by atoms with E-state index in [9.17, 15) is 19.0 Å². The van der Waals surface area contributed by atoms with Crippen LogP contribution in [0.1, 0.15) is 412 Å². The van der Waals surface area contributed by atoms with E-state index < -0.39 is 26.5 Å². The first-order valence-corrected chi connectivity index (χ1v) is 38.7. The van der Waals surface area contributed by atoms with Gasteiger partial charge in [-0.2, -0.15) is 0 Å². The molecule has 0 spiro atoms. The van der Waals surface area contributed by atoms with Gasteiger partial charge in [0.2, 0.25) is 0 Å². The summed E-state index contributed by atoms with van der Waals surface area (Å²) < 4.78 is 33.2. The number of phosphoric ester groups is 1. The molecule has 3 N–H and O–H groups in total. The van der Waals surface area contributed by atoms with Crippen LogP contribution in [0.25, 0.3) is 0 Å². The zero-order chi connectivity index (χ0) is 60.1. The molecule has 0 aromatic rings. The fourth-order valence-corrected chi connectivity index (χ4v) is 12.4. The smallest absolute Gasteiger partial charge is 0.462 e. The van der Waals surface area contributed by atoms with Crippen molar-refractivity contribution in [2.45, 2.75) is 418 Å². The van der Waals surface area contributed by atoms with Crippen LogP contribution in [-0.4, -0.2) is 49.3 Å². The number of carbonyl (C=O) groups is 2. The van der Waals surface area contributed by atoms with Gasteiger partial charge in [0.1, 0.15) is 6.61 Å². The summed E-state index contributed by atoms with van der Waals surface area (Å²) in [4.78, 5) is 35.4. The van der Waals surface area contributed by atoms with Crippen molar-refractivity contribution in [3.63, 3.8) is 0 Å². The third kappa shape index (κ3) is 69.7. The van der Waals surface area contributed by atoms with Crippen molar-refractivity contribution in [2.24, 2.45) is 5.73 Å². The molecule has 83 heavy (non-hydrogen) atoms.